The van der Waals surface area contributed by atoms with Gasteiger partial charge in [0.2, 0.25) is 11.8 Å². The van der Waals surface area contributed by atoms with Crippen LogP contribution in [-0.2, 0) is 9.53 Å². The van der Waals surface area contributed by atoms with Gasteiger partial charge < -0.3 is 19.4 Å². The standard InChI is InChI=1S/C21H30N4O3/c1-13(24-15(3)26)10-27-18-8-16(9-18)11-28-21-19-6-7-25(14(2)17-4-5-17)20(19)22-12-23-21/h6-7,12-14,16-18H,4-5,8-11H2,1-3H3,(H,24,26)/t13-,14?,16?,18?/m0/s1. The van der Waals surface area contributed by atoms with Gasteiger partial charge in [0.1, 0.15) is 12.0 Å². The first-order valence-electron chi connectivity index (χ1n) is 10.3. The Labute approximate surface area is 165 Å². The number of aromatic nitrogens is 3. The van der Waals surface area contributed by atoms with E-state index in [1.54, 1.807) is 6.33 Å². The minimum atomic E-state index is -0.0208. The number of hydrogen-bond acceptors (Lipinski definition) is 5. The topological polar surface area (TPSA) is 78.3 Å². The van der Waals surface area contributed by atoms with E-state index in [0.29, 0.717) is 31.1 Å². The van der Waals surface area contributed by atoms with Gasteiger partial charge in [0.05, 0.1) is 24.7 Å². The van der Waals surface area contributed by atoms with Crippen molar-refractivity contribution in [3.05, 3.63) is 18.6 Å². The highest BCUT2D eigenvalue weighted by atomic mass is 16.5. The molecule has 0 radical (unpaired) electrons. The van der Waals surface area contributed by atoms with Crippen LogP contribution in [0.1, 0.15) is 52.5 Å². The number of nitrogens with one attached hydrogen (secondary N) is 1. The molecule has 0 aromatic carbocycles. The Balaban J connectivity index is 1.26. The van der Waals surface area contributed by atoms with Gasteiger partial charge in [-0.2, -0.15) is 0 Å². The molecule has 152 valence electrons. The predicted octanol–water partition coefficient (Wildman–Crippen LogP) is 3.10. The Hall–Kier alpha value is -2.15. The highest BCUT2D eigenvalue weighted by Crippen LogP contribution is 2.41. The van der Waals surface area contributed by atoms with E-state index in [1.807, 2.05) is 6.92 Å². The fourth-order valence-electron chi connectivity index (χ4n) is 4.01. The summed E-state index contributed by atoms with van der Waals surface area (Å²) in [7, 11) is 0. The molecule has 2 aromatic heterocycles. The molecular weight excluding hydrogens is 356 g/mol. The number of hydrogen-bond donors (Lipinski definition) is 1. The van der Waals surface area contributed by atoms with Gasteiger partial charge in [-0.1, -0.05) is 0 Å². The highest BCUT2D eigenvalue weighted by Gasteiger charge is 2.32. The Morgan fingerprint density at radius 2 is 2.11 bits per heavy atom. The molecule has 0 spiro atoms. The molecule has 0 aliphatic heterocycles. The monoisotopic (exact) mass is 386 g/mol. The summed E-state index contributed by atoms with van der Waals surface area (Å²) in [6.45, 7) is 6.95. The van der Waals surface area contributed by atoms with Gasteiger partial charge in [-0.3, -0.25) is 4.79 Å². The third-order valence-corrected chi connectivity index (χ3v) is 5.90. The third kappa shape index (κ3) is 4.29. The maximum Gasteiger partial charge on any atom is 0.226 e. The van der Waals surface area contributed by atoms with E-state index in [-0.39, 0.29) is 18.1 Å². The Morgan fingerprint density at radius 1 is 1.32 bits per heavy atom. The van der Waals surface area contributed by atoms with Crippen LogP contribution in [0.2, 0.25) is 0 Å². The number of amides is 1. The fourth-order valence-corrected chi connectivity index (χ4v) is 4.01. The SMILES string of the molecule is CC(=O)N[C@@H](C)COC1CC(COc2ncnc3c2ccn3C(C)C2CC2)C1. The molecule has 2 aliphatic rings. The third-order valence-electron chi connectivity index (χ3n) is 5.90. The number of carbonyl (C=O) groups excluding carboxylic acids is 1. The van der Waals surface area contributed by atoms with Crippen molar-refractivity contribution >= 4 is 16.9 Å². The lowest BCUT2D eigenvalue weighted by molar-refractivity contribution is -0.120. The van der Waals surface area contributed by atoms with Crippen LogP contribution in [0.15, 0.2) is 18.6 Å². The first-order chi connectivity index (χ1) is 13.5. The van der Waals surface area contributed by atoms with E-state index in [4.69, 9.17) is 9.47 Å². The molecule has 2 aliphatic carbocycles. The Bertz CT molecular complexity index is 826. The Morgan fingerprint density at radius 3 is 2.82 bits per heavy atom. The molecule has 7 nitrogen and oxygen atoms in total. The number of nitrogens with zero attached hydrogens (tertiary/aromatic N) is 3. The maximum atomic E-state index is 11.0. The van der Waals surface area contributed by atoms with E-state index in [0.717, 1.165) is 29.8 Å². The maximum absolute atomic E-state index is 11.0. The van der Waals surface area contributed by atoms with Crippen molar-refractivity contribution in [3.8, 4) is 5.88 Å². The normalized spacial score (nSPS) is 23.8. The summed E-state index contributed by atoms with van der Waals surface area (Å²) >= 11 is 0. The molecule has 2 heterocycles. The van der Waals surface area contributed by atoms with E-state index in [2.05, 4.69) is 39.0 Å². The summed E-state index contributed by atoms with van der Waals surface area (Å²) < 4.78 is 14.1. The van der Waals surface area contributed by atoms with E-state index < -0.39 is 0 Å². The zero-order chi connectivity index (χ0) is 19.7. The number of fused-ring (bicyclic) bond motifs is 1. The van der Waals surface area contributed by atoms with Gasteiger partial charge >= 0.3 is 0 Å². The van der Waals surface area contributed by atoms with Crippen LogP contribution in [0.5, 0.6) is 5.88 Å². The van der Waals surface area contributed by atoms with E-state index in [1.165, 1.54) is 19.8 Å². The van der Waals surface area contributed by atoms with Crippen molar-refractivity contribution < 1.29 is 14.3 Å². The summed E-state index contributed by atoms with van der Waals surface area (Å²) in [5.41, 5.74) is 0.964. The fraction of sp³-hybridized carbons (Fsp3) is 0.667. The molecule has 1 unspecified atom stereocenters. The van der Waals surface area contributed by atoms with Crippen molar-refractivity contribution in [3.63, 3.8) is 0 Å². The lowest BCUT2D eigenvalue weighted by atomic mass is 9.83. The van der Waals surface area contributed by atoms with Crippen LogP contribution in [-0.4, -0.2) is 45.8 Å². The van der Waals surface area contributed by atoms with Gasteiger partial charge in [0, 0.05) is 25.2 Å². The van der Waals surface area contributed by atoms with Crippen LogP contribution < -0.4 is 10.1 Å². The second-order valence-corrected chi connectivity index (χ2v) is 8.42. The highest BCUT2D eigenvalue weighted by molar-refractivity contribution is 5.81. The minimum absolute atomic E-state index is 0.0208. The van der Waals surface area contributed by atoms with Crippen molar-refractivity contribution in [2.45, 2.75) is 64.6 Å². The summed E-state index contributed by atoms with van der Waals surface area (Å²) in [5, 5.41) is 3.83. The number of rotatable bonds is 9. The molecule has 2 aromatic rings. The smallest absolute Gasteiger partial charge is 0.226 e. The van der Waals surface area contributed by atoms with Gasteiger partial charge in [-0.05, 0) is 57.4 Å². The van der Waals surface area contributed by atoms with Crippen LogP contribution in [0.3, 0.4) is 0 Å². The molecule has 2 saturated carbocycles. The van der Waals surface area contributed by atoms with Gasteiger partial charge in [-0.25, -0.2) is 9.97 Å². The van der Waals surface area contributed by atoms with Crippen LogP contribution in [0.25, 0.3) is 11.0 Å². The lowest BCUT2D eigenvalue weighted by Crippen LogP contribution is -2.40. The molecule has 4 rings (SSSR count). The molecule has 7 heteroatoms. The van der Waals surface area contributed by atoms with Gasteiger partial charge in [-0.15, -0.1) is 0 Å². The largest absolute Gasteiger partial charge is 0.477 e. The second-order valence-electron chi connectivity index (χ2n) is 8.42. The second kappa shape index (κ2) is 8.07. The van der Waals surface area contributed by atoms with E-state index in [9.17, 15) is 4.79 Å². The van der Waals surface area contributed by atoms with Gasteiger partial charge in [0.15, 0.2) is 0 Å². The van der Waals surface area contributed by atoms with Crippen LogP contribution in [0, 0.1) is 11.8 Å². The summed E-state index contributed by atoms with van der Waals surface area (Å²) in [6, 6.07) is 2.59. The van der Waals surface area contributed by atoms with Gasteiger partial charge in [0.25, 0.3) is 0 Å². The van der Waals surface area contributed by atoms with Crippen LogP contribution >= 0.6 is 0 Å². The molecular formula is C21H30N4O3. The molecule has 1 N–H and O–H groups in total. The molecule has 0 saturated heterocycles. The molecule has 2 atom stereocenters. The molecule has 0 bridgehead atoms. The summed E-state index contributed by atoms with van der Waals surface area (Å²) in [4.78, 5) is 19.9. The van der Waals surface area contributed by atoms with Crippen molar-refractivity contribution in [2.24, 2.45) is 11.8 Å². The van der Waals surface area contributed by atoms with Crippen LogP contribution in [0.4, 0.5) is 0 Å². The van der Waals surface area contributed by atoms with Crippen molar-refractivity contribution in [1.29, 1.82) is 0 Å². The predicted molar refractivity (Wildman–Crippen MR) is 106 cm³/mol. The quantitative estimate of drug-likeness (QED) is 0.716. The van der Waals surface area contributed by atoms with Crippen molar-refractivity contribution in [1.82, 2.24) is 19.9 Å². The summed E-state index contributed by atoms with van der Waals surface area (Å²) in [6.07, 6.45) is 8.56. The average Bonchev–Trinajstić information content (AvgIpc) is 3.38. The lowest BCUT2D eigenvalue weighted by Gasteiger charge is -2.35. The molecule has 28 heavy (non-hydrogen) atoms. The van der Waals surface area contributed by atoms with E-state index >= 15 is 0 Å². The van der Waals surface area contributed by atoms with Crippen molar-refractivity contribution in [2.75, 3.05) is 13.2 Å². The first kappa shape index (κ1) is 19.2. The zero-order valence-corrected chi connectivity index (χ0v) is 16.9. The number of carbonyl (C=O) groups is 1. The summed E-state index contributed by atoms with van der Waals surface area (Å²) in [5.74, 6) is 1.91. The first-order valence-corrected chi connectivity index (χ1v) is 10.3. The minimum Gasteiger partial charge on any atom is -0.477 e. The zero-order valence-electron chi connectivity index (χ0n) is 16.9. The molecule has 1 amide bonds. The Kier molecular flexibility index (Phi) is 5.53. The average molecular weight is 386 g/mol. The molecule has 2 fully saturated rings. The number of ether oxygens (including phenoxy) is 2.